The van der Waals surface area contributed by atoms with Crippen molar-refractivity contribution in [2.75, 3.05) is 23.9 Å². The van der Waals surface area contributed by atoms with Crippen LogP contribution in [0.2, 0.25) is 0 Å². The molecule has 0 aliphatic heterocycles. The Labute approximate surface area is 232 Å². The molecule has 0 bridgehead atoms. The lowest BCUT2D eigenvalue weighted by Gasteiger charge is -2.32. The lowest BCUT2D eigenvalue weighted by molar-refractivity contribution is -0.138. The van der Waals surface area contributed by atoms with E-state index in [1.54, 1.807) is 37.3 Å². The smallest absolute Gasteiger partial charge is 0.264 e. The zero-order chi connectivity index (χ0) is 28.4. The summed E-state index contributed by atoms with van der Waals surface area (Å²) in [6.07, 6.45) is 2.31. The van der Waals surface area contributed by atoms with Gasteiger partial charge < -0.3 is 10.2 Å². The molecule has 0 aromatic heterocycles. The molecule has 3 rings (SSSR count). The Morgan fingerprint density at radius 3 is 2.08 bits per heavy atom. The summed E-state index contributed by atoms with van der Waals surface area (Å²) in [6.45, 7) is 7.88. The van der Waals surface area contributed by atoms with E-state index < -0.39 is 28.5 Å². The zero-order valence-corrected chi connectivity index (χ0v) is 24.1. The van der Waals surface area contributed by atoms with Gasteiger partial charge in [0.2, 0.25) is 11.8 Å². The van der Waals surface area contributed by atoms with Crippen LogP contribution in [0.25, 0.3) is 0 Å². The van der Waals surface area contributed by atoms with E-state index in [9.17, 15) is 18.0 Å². The quantitative estimate of drug-likeness (QED) is 0.308. The molecule has 1 atom stereocenters. The fourth-order valence-corrected chi connectivity index (χ4v) is 5.87. The van der Waals surface area contributed by atoms with Crippen LogP contribution in [-0.4, -0.2) is 50.8 Å². The van der Waals surface area contributed by atoms with Crippen molar-refractivity contribution in [3.63, 3.8) is 0 Å². The number of hydrogen-bond donors (Lipinski definition) is 1. The van der Waals surface area contributed by atoms with Crippen molar-refractivity contribution in [1.29, 1.82) is 0 Å². The molecule has 0 spiro atoms. The number of anilines is 1. The van der Waals surface area contributed by atoms with E-state index in [0.717, 1.165) is 33.8 Å². The number of amides is 2. The minimum absolute atomic E-state index is 0.0955. The predicted octanol–water partition coefficient (Wildman–Crippen LogP) is 4.87. The van der Waals surface area contributed by atoms with Crippen LogP contribution < -0.4 is 9.62 Å². The van der Waals surface area contributed by atoms with Crippen molar-refractivity contribution >= 4 is 27.5 Å². The summed E-state index contributed by atoms with van der Waals surface area (Å²) in [5.74, 6) is -0.698. The van der Waals surface area contributed by atoms with Crippen LogP contribution in [0.5, 0.6) is 0 Å². The second kappa shape index (κ2) is 13.9. The minimum Gasteiger partial charge on any atom is -0.354 e. The second-order valence-electron chi connectivity index (χ2n) is 9.81. The summed E-state index contributed by atoms with van der Waals surface area (Å²) >= 11 is 0. The highest BCUT2D eigenvalue weighted by Gasteiger charge is 2.32. The van der Waals surface area contributed by atoms with Gasteiger partial charge in [-0.05, 0) is 74.6 Å². The average molecular weight is 550 g/mol. The van der Waals surface area contributed by atoms with E-state index in [0.29, 0.717) is 18.7 Å². The number of carbonyl (C=O) groups is 2. The molecule has 0 saturated heterocycles. The zero-order valence-electron chi connectivity index (χ0n) is 23.3. The molecule has 7 nitrogen and oxygen atoms in total. The third-order valence-electron chi connectivity index (χ3n) is 6.59. The van der Waals surface area contributed by atoms with Gasteiger partial charge in [0.05, 0.1) is 10.6 Å². The molecule has 0 aliphatic rings. The molecule has 3 aromatic rings. The highest BCUT2D eigenvalue weighted by atomic mass is 32.2. The molecule has 0 heterocycles. The van der Waals surface area contributed by atoms with Crippen LogP contribution in [0.3, 0.4) is 0 Å². The van der Waals surface area contributed by atoms with Crippen molar-refractivity contribution in [3.8, 4) is 0 Å². The standard InChI is InChI=1S/C31H39N3O4S/c1-5-6-18-32-31(36)26(4)33(19-17-27-13-9-7-10-14-27)30(35)23-34(28-21-24(2)20-25(3)22-28)39(37,38)29-15-11-8-12-16-29/h7-16,20-22,26H,5-6,17-19,23H2,1-4H3,(H,32,36)/t26-/m1/s1. The molecule has 2 amide bonds. The topological polar surface area (TPSA) is 86.8 Å². The van der Waals surface area contributed by atoms with Crippen LogP contribution in [0.4, 0.5) is 5.69 Å². The molecule has 0 fully saturated rings. The highest BCUT2D eigenvalue weighted by molar-refractivity contribution is 7.92. The Morgan fingerprint density at radius 1 is 0.897 bits per heavy atom. The molecule has 0 aliphatic carbocycles. The van der Waals surface area contributed by atoms with Crippen molar-refractivity contribution < 1.29 is 18.0 Å². The summed E-state index contributed by atoms with van der Waals surface area (Å²) in [4.78, 5) is 28.5. The van der Waals surface area contributed by atoms with Crippen molar-refractivity contribution in [2.45, 2.75) is 57.9 Å². The Balaban J connectivity index is 1.96. The third-order valence-corrected chi connectivity index (χ3v) is 8.37. The molecular formula is C31H39N3O4S. The Kier molecular flexibility index (Phi) is 10.7. The highest BCUT2D eigenvalue weighted by Crippen LogP contribution is 2.26. The first-order valence-electron chi connectivity index (χ1n) is 13.4. The Hall–Kier alpha value is -3.65. The number of carbonyl (C=O) groups excluding carboxylic acids is 2. The first kappa shape index (κ1) is 29.9. The first-order valence-corrected chi connectivity index (χ1v) is 14.8. The number of nitrogens with one attached hydrogen (secondary N) is 1. The molecule has 8 heteroatoms. The number of rotatable bonds is 13. The van der Waals surface area contributed by atoms with Crippen LogP contribution in [-0.2, 0) is 26.0 Å². The molecule has 0 saturated carbocycles. The monoisotopic (exact) mass is 549 g/mol. The summed E-state index contributed by atoms with van der Waals surface area (Å²) in [5.41, 5.74) is 3.20. The summed E-state index contributed by atoms with van der Waals surface area (Å²) in [7, 11) is -4.06. The fourth-order valence-electron chi connectivity index (χ4n) is 4.45. The predicted molar refractivity (Wildman–Crippen MR) is 156 cm³/mol. The van der Waals surface area contributed by atoms with Gasteiger partial charge in [0.15, 0.2) is 0 Å². The van der Waals surface area contributed by atoms with Crippen LogP contribution >= 0.6 is 0 Å². The number of unbranched alkanes of at least 4 members (excludes halogenated alkanes) is 1. The molecule has 0 radical (unpaired) electrons. The van der Waals surface area contributed by atoms with E-state index >= 15 is 0 Å². The van der Waals surface area contributed by atoms with Crippen LogP contribution in [0, 0.1) is 13.8 Å². The third kappa shape index (κ3) is 8.17. The van der Waals surface area contributed by atoms with Crippen molar-refractivity contribution in [2.24, 2.45) is 0 Å². The van der Waals surface area contributed by atoms with E-state index in [-0.39, 0.29) is 17.3 Å². The normalized spacial score (nSPS) is 12.0. The van der Waals surface area contributed by atoms with Crippen LogP contribution in [0.1, 0.15) is 43.4 Å². The molecule has 0 unspecified atom stereocenters. The summed E-state index contributed by atoms with van der Waals surface area (Å²) in [6, 6.07) is 22.5. The maximum absolute atomic E-state index is 13.9. The van der Waals surface area contributed by atoms with Gasteiger partial charge in [-0.2, -0.15) is 0 Å². The van der Waals surface area contributed by atoms with Gasteiger partial charge in [0.25, 0.3) is 10.0 Å². The van der Waals surface area contributed by atoms with Gasteiger partial charge >= 0.3 is 0 Å². The Morgan fingerprint density at radius 2 is 1.49 bits per heavy atom. The van der Waals surface area contributed by atoms with Gasteiger partial charge in [-0.25, -0.2) is 8.42 Å². The van der Waals surface area contributed by atoms with E-state index in [2.05, 4.69) is 5.32 Å². The van der Waals surface area contributed by atoms with Gasteiger partial charge in [-0.3, -0.25) is 13.9 Å². The molecule has 1 N–H and O–H groups in total. The van der Waals surface area contributed by atoms with E-state index in [4.69, 9.17) is 0 Å². The molecule has 208 valence electrons. The van der Waals surface area contributed by atoms with Gasteiger partial charge in [-0.1, -0.05) is 67.9 Å². The molecule has 39 heavy (non-hydrogen) atoms. The Bertz CT molecular complexity index is 1320. The number of nitrogens with zero attached hydrogens (tertiary/aromatic N) is 2. The number of aryl methyl sites for hydroxylation is 2. The second-order valence-corrected chi connectivity index (χ2v) is 11.7. The summed E-state index contributed by atoms with van der Waals surface area (Å²) < 4.78 is 28.8. The fraction of sp³-hybridized carbons (Fsp3) is 0.355. The van der Waals surface area contributed by atoms with Gasteiger partial charge in [0, 0.05) is 13.1 Å². The molecule has 3 aromatic carbocycles. The van der Waals surface area contributed by atoms with Crippen LogP contribution in [0.15, 0.2) is 83.8 Å². The lowest BCUT2D eigenvalue weighted by atomic mass is 10.1. The SMILES string of the molecule is CCCCNC(=O)[C@@H](C)N(CCc1ccccc1)C(=O)CN(c1cc(C)cc(C)c1)S(=O)(=O)c1ccccc1. The largest absolute Gasteiger partial charge is 0.354 e. The average Bonchev–Trinajstić information content (AvgIpc) is 2.92. The lowest BCUT2D eigenvalue weighted by Crippen LogP contribution is -2.52. The minimum atomic E-state index is -4.06. The van der Waals surface area contributed by atoms with E-state index in [1.165, 1.54) is 17.0 Å². The van der Waals surface area contributed by atoms with E-state index in [1.807, 2.05) is 57.2 Å². The number of benzene rings is 3. The van der Waals surface area contributed by atoms with Gasteiger partial charge in [0.1, 0.15) is 12.6 Å². The number of sulfonamides is 1. The van der Waals surface area contributed by atoms with Crippen molar-refractivity contribution in [1.82, 2.24) is 10.2 Å². The molecular weight excluding hydrogens is 510 g/mol. The van der Waals surface area contributed by atoms with Gasteiger partial charge in [-0.15, -0.1) is 0 Å². The first-order chi connectivity index (χ1) is 18.6. The van der Waals surface area contributed by atoms with Crippen molar-refractivity contribution in [3.05, 3.63) is 95.6 Å². The maximum Gasteiger partial charge on any atom is 0.264 e. The maximum atomic E-state index is 13.9. The summed E-state index contributed by atoms with van der Waals surface area (Å²) in [5, 5.41) is 2.91. The number of hydrogen-bond acceptors (Lipinski definition) is 4.